The zero-order valence-corrected chi connectivity index (χ0v) is 35.1. The smallest absolute Gasteiger partial charge is 0.545 e. The molecule has 9 heteroatoms. The van der Waals surface area contributed by atoms with Gasteiger partial charge in [0.15, 0.2) is 0 Å². The van der Waals surface area contributed by atoms with Gasteiger partial charge in [-0.1, -0.05) is 171 Å². The van der Waals surface area contributed by atoms with Gasteiger partial charge < -0.3 is 29.3 Å². The van der Waals surface area contributed by atoms with Crippen molar-refractivity contribution in [3.05, 3.63) is 38.2 Å². The van der Waals surface area contributed by atoms with E-state index in [9.17, 15) is 29.4 Å². The molecule has 0 heterocycles. The number of ether oxygens (including phenoxy) is 2. The maximum atomic E-state index is 11.0. The van der Waals surface area contributed by atoms with Crippen LogP contribution in [0, 0.1) is 25.7 Å². The van der Waals surface area contributed by atoms with E-state index >= 15 is 0 Å². The van der Waals surface area contributed by atoms with E-state index in [4.69, 9.17) is 9.47 Å². The number of hydrogen-bond acceptors (Lipinski definition) is 8. The van der Waals surface area contributed by atoms with Crippen LogP contribution in [0.2, 0.25) is 0 Å². The van der Waals surface area contributed by atoms with Gasteiger partial charge in [-0.25, -0.2) is 9.59 Å². The topological polar surface area (TPSA) is 133 Å². The predicted molar refractivity (Wildman–Crippen MR) is 200 cm³/mol. The van der Waals surface area contributed by atoms with E-state index in [1.165, 1.54) is 64.2 Å². The van der Waals surface area contributed by atoms with Crippen LogP contribution in [-0.2, 0) is 28.7 Å². The summed E-state index contributed by atoms with van der Waals surface area (Å²) in [6.45, 7) is 21.1. The molecule has 0 saturated carbocycles. The third-order valence-corrected chi connectivity index (χ3v) is 7.43. The number of unbranched alkanes of at least 4 members (excludes halogenated alkanes) is 12. The van der Waals surface area contributed by atoms with Gasteiger partial charge in [-0.05, 0) is 36.8 Å². The van der Waals surface area contributed by atoms with E-state index in [1.54, 1.807) is 0 Å². The molecule has 49 heavy (non-hydrogen) atoms. The second kappa shape index (κ2) is 48.3. The van der Waals surface area contributed by atoms with Crippen LogP contribution in [0.3, 0.4) is 0 Å². The van der Waals surface area contributed by atoms with Crippen LogP contribution in [0.15, 0.2) is 24.3 Å². The van der Waals surface area contributed by atoms with E-state index in [0.717, 1.165) is 76.4 Å². The van der Waals surface area contributed by atoms with Crippen LogP contribution < -0.4 is 10.2 Å². The minimum atomic E-state index is -1.39. The van der Waals surface area contributed by atoms with Gasteiger partial charge in [-0.3, -0.25) is 0 Å². The molecule has 2 unspecified atom stereocenters. The summed E-state index contributed by atoms with van der Waals surface area (Å²) in [4.78, 5) is 42.2. The van der Waals surface area contributed by atoms with Crippen LogP contribution in [0.25, 0.3) is 0 Å². The summed E-state index contributed by atoms with van der Waals surface area (Å²) < 4.78 is 9.85. The molecule has 0 aliphatic rings. The molecule has 0 aromatic heterocycles. The maximum absolute atomic E-state index is 11.0. The molecule has 0 aromatic rings. The van der Waals surface area contributed by atoms with Crippen molar-refractivity contribution in [2.24, 2.45) is 11.8 Å². The number of carboxylic acids is 2. The van der Waals surface area contributed by atoms with E-state index in [-0.39, 0.29) is 23.9 Å². The monoisotopic (exact) mass is 800 g/mol. The van der Waals surface area contributed by atoms with E-state index in [0.29, 0.717) is 37.2 Å². The van der Waals surface area contributed by atoms with Gasteiger partial charge in [-0.2, -0.15) is 0 Å². The normalized spacial score (nSPS) is 11.4. The Balaban J connectivity index is -0.000000183. The summed E-state index contributed by atoms with van der Waals surface area (Å²) in [5.41, 5.74) is 0. The quantitative estimate of drug-likeness (QED) is 0.0371. The predicted octanol–water partition coefficient (Wildman–Crippen LogP) is 8.09. The van der Waals surface area contributed by atoms with Crippen molar-refractivity contribution in [3.8, 4) is 0 Å². The van der Waals surface area contributed by atoms with Gasteiger partial charge in [0.25, 0.3) is 0 Å². The minimum absolute atomic E-state index is 0. The first-order chi connectivity index (χ1) is 23.0. The second-order valence-electron chi connectivity index (χ2n) is 11.9. The Hall–Kier alpha value is -1.84. The Bertz CT molecular complexity index is 706. The summed E-state index contributed by atoms with van der Waals surface area (Å²) in [6.07, 6.45) is 27.5. The fraction of sp³-hybridized carbons (Fsp3) is 0.750. The molecule has 0 fully saturated rings. The standard InChI is InChI=1S/2C12H20O4.2C8H17.Sn/c2*1-3-5-6-10(4-2)9-16-12(15)8-7-11(13)14;2*1-3-5-7-8-6-4-2;/h2*7-8,10H,3-6,9H2,1-2H3,(H,13,14);2*1,3-8H2,2H3;/q;;;;+2/p-2. The maximum Gasteiger partial charge on any atom is 2.00 e. The number of carboxylic acid groups (broad SMARTS) is 2. The van der Waals surface area contributed by atoms with Crippen LogP contribution in [0.1, 0.15) is 170 Å². The summed E-state index contributed by atoms with van der Waals surface area (Å²) in [6, 6.07) is 0. The summed E-state index contributed by atoms with van der Waals surface area (Å²) in [7, 11) is 0. The molecule has 0 rings (SSSR count). The third kappa shape index (κ3) is 55.8. The molecular weight excluding hydrogens is 727 g/mol. The number of carbonyl (C=O) groups is 4. The van der Waals surface area contributed by atoms with Crippen LogP contribution in [0.4, 0.5) is 0 Å². The number of carbonyl (C=O) groups excluding carboxylic acids is 4. The van der Waals surface area contributed by atoms with Gasteiger partial charge in [0.05, 0.1) is 25.2 Å². The zero-order chi connectivity index (χ0) is 37.3. The molecule has 0 aliphatic heterocycles. The Labute approximate surface area is 318 Å². The Morgan fingerprint density at radius 3 is 1.06 bits per heavy atom. The molecule has 4 radical (unpaired) electrons. The summed E-state index contributed by atoms with van der Waals surface area (Å²) >= 11 is 0. The number of esters is 2. The van der Waals surface area contributed by atoms with Crippen molar-refractivity contribution in [2.75, 3.05) is 13.2 Å². The van der Waals surface area contributed by atoms with Crippen molar-refractivity contribution in [1.82, 2.24) is 0 Å². The number of aliphatic carboxylic acids is 2. The van der Waals surface area contributed by atoms with E-state index < -0.39 is 23.9 Å². The second-order valence-corrected chi connectivity index (χ2v) is 11.9. The van der Waals surface area contributed by atoms with Crippen molar-refractivity contribution in [1.29, 1.82) is 0 Å². The van der Waals surface area contributed by atoms with Crippen molar-refractivity contribution < 1.29 is 38.9 Å². The first-order valence-corrected chi connectivity index (χ1v) is 18.7. The Morgan fingerprint density at radius 1 is 0.510 bits per heavy atom. The average Bonchev–Trinajstić information content (AvgIpc) is 3.08. The van der Waals surface area contributed by atoms with Crippen LogP contribution in [-0.4, -0.2) is 61.0 Å². The summed E-state index contributed by atoms with van der Waals surface area (Å²) in [5.74, 6) is -3.32. The fourth-order valence-corrected chi connectivity index (χ4v) is 4.13. The van der Waals surface area contributed by atoms with Gasteiger partial charge in [0, 0.05) is 12.2 Å². The number of rotatable bonds is 26. The molecule has 0 spiro atoms. The molecule has 0 N–H and O–H groups in total. The summed E-state index contributed by atoms with van der Waals surface area (Å²) in [5, 5.41) is 20.1. The largest absolute Gasteiger partial charge is 2.00 e. The molecule has 0 aliphatic carbocycles. The molecule has 0 bridgehead atoms. The van der Waals surface area contributed by atoms with Gasteiger partial charge in [0.2, 0.25) is 0 Å². The molecule has 2 atom stereocenters. The van der Waals surface area contributed by atoms with E-state index in [2.05, 4.69) is 41.5 Å². The zero-order valence-electron chi connectivity index (χ0n) is 32.2. The molecular formula is C40H72O8Sn. The first-order valence-electron chi connectivity index (χ1n) is 18.7. The Kier molecular flexibility index (Phi) is 55.7. The van der Waals surface area contributed by atoms with Crippen molar-refractivity contribution in [2.45, 2.75) is 170 Å². The van der Waals surface area contributed by atoms with Crippen LogP contribution >= 0.6 is 0 Å². The molecule has 0 aromatic carbocycles. The molecule has 0 saturated heterocycles. The third-order valence-electron chi connectivity index (χ3n) is 7.43. The SMILES string of the molecule is CCCCC(CC)COC(=O)C=CC(=O)[O-].CCCCC(CC)COC(=O)C=CC(=O)[O-].[CH2]CCCCCCC.[CH2]CCCCCCC.[Sn+2]. The van der Waals surface area contributed by atoms with Gasteiger partial charge in [-0.15, -0.1) is 0 Å². The van der Waals surface area contributed by atoms with Crippen LogP contribution in [0.5, 0.6) is 0 Å². The minimum Gasteiger partial charge on any atom is -0.545 e. The van der Waals surface area contributed by atoms with Gasteiger partial charge in [0.1, 0.15) is 0 Å². The van der Waals surface area contributed by atoms with Crippen molar-refractivity contribution in [3.63, 3.8) is 0 Å². The molecule has 0 amide bonds. The fourth-order valence-electron chi connectivity index (χ4n) is 4.13. The van der Waals surface area contributed by atoms with Gasteiger partial charge >= 0.3 is 35.8 Å². The average molecular weight is 800 g/mol. The molecule has 284 valence electrons. The number of hydrogen-bond donors (Lipinski definition) is 0. The Morgan fingerprint density at radius 2 is 0.816 bits per heavy atom. The first kappa shape index (κ1) is 56.5. The molecule has 8 nitrogen and oxygen atoms in total. The van der Waals surface area contributed by atoms with Crippen molar-refractivity contribution >= 4 is 47.8 Å². The van der Waals surface area contributed by atoms with E-state index in [1.807, 2.05) is 13.8 Å².